The van der Waals surface area contributed by atoms with Crippen LogP contribution >= 0.6 is 0 Å². The van der Waals surface area contributed by atoms with Gasteiger partial charge in [-0.3, -0.25) is 4.79 Å². The Morgan fingerprint density at radius 2 is 1.95 bits per heavy atom. The molecular formula is C17H25NO2. The second-order valence-corrected chi connectivity index (χ2v) is 6.08. The zero-order chi connectivity index (χ0) is 14.7. The van der Waals surface area contributed by atoms with Crippen molar-refractivity contribution in [3.05, 3.63) is 28.8 Å². The summed E-state index contributed by atoms with van der Waals surface area (Å²) >= 11 is 0. The van der Waals surface area contributed by atoms with Gasteiger partial charge in [0.05, 0.1) is 0 Å². The molecule has 1 heterocycles. The maximum atomic E-state index is 12.2. The van der Waals surface area contributed by atoms with Crippen LogP contribution < -0.4 is 4.74 Å². The number of carbonyl (C=O) groups excluding carboxylic acids is 1. The molecule has 1 fully saturated rings. The Bertz CT molecular complexity index is 496. The van der Waals surface area contributed by atoms with Crippen molar-refractivity contribution in [2.45, 2.75) is 40.5 Å². The van der Waals surface area contributed by atoms with Gasteiger partial charge in [-0.25, -0.2) is 0 Å². The maximum absolute atomic E-state index is 12.2. The van der Waals surface area contributed by atoms with Crippen molar-refractivity contribution < 1.29 is 9.53 Å². The van der Waals surface area contributed by atoms with Crippen LogP contribution in [0.5, 0.6) is 5.75 Å². The van der Waals surface area contributed by atoms with Gasteiger partial charge < -0.3 is 9.64 Å². The minimum Gasteiger partial charge on any atom is -0.483 e. The first-order chi connectivity index (χ1) is 9.47. The molecule has 0 bridgehead atoms. The highest BCUT2D eigenvalue weighted by Crippen LogP contribution is 2.22. The van der Waals surface area contributed by atoms with Crippen LogP contribution in [0.2, 0.25) is 0 Å². The predicted molar refractivity (Wildman–Crippen MR) is 81.1 cm³/mol. The van der Waals surface area contributed by atoms with Gasteiger partial charge in [0.2, 0.25) is 0 Å². The highest BCUT2D eigenvalue weighted by atomic mass is 16.5. The quantitative estimate of drug-likeness (QED) is 0.847. The first-order valence-electron chi connectivity index (χ1n) is 7.46. The lowest BCUT2D eigenvalue weighted by atomic mass is 10.0. The summed E-state index contributed by atoms with van der Waals surface area (Å²) in [5, 5.41) is 0. The van der Waals surface area contributed by atoms with Gasteiger partial charge in [-0.1, -0.05) is 13.0 Å². The van der Waals surface area contributed by atoms with Crippen molar-refractivity contribution in [3.63, 3.8) is 0 Å². The second kappa shape index (κ2) is 6.29. The van der Waals surface area contributed by atoms with E-state index in [2.05, 4.69) is 26.8 Å². The number of nitrogens with zero attached hydrogens (tertiary/aromatic N) is 1. The monoisotopic (exact) mass is 275 g/mol. The second-order valence-electron chi connectivity index (χ2n) is 6.08. The summed E-state index contributed by atoms with van der Waals surface area (Å²) < 4.78 is 5.73. The van der Waals surface area contributed by atoms with Gasteiger partial charge in [0, 0.05) is 13.1 Å². The highest BCUT2D eigenvalue weighted by Gasteiger charge is 2.21. The van der Waals surface area contributed by atoms with Crippen molar-refractivity contribution in [2.24, 2.45) is 5.92 Å². The molecule has 0 N–H and O–H groups in total. The molecule has 1 unspecified atom stereocenters. The van der Waals surface area contributed by atoms with Gasteiger partial charge in [-0.05, 0) is 62.3 Å². The van der Waals surface area contributed by atoms with Crippen LogP contribution in [0.1, 0.15) is 36.5 Å². The molecule has 110 valence electrons. The minimum absolute atomic E-state index is 0.106. The molecule has 0 spiro atoms. The summed E-state index contributed by atoms with van der Waals surface area (Å²) in [4.78, 5) is 14.1. The number of piperidine rings is 1. The highest BCUT2D eigenvalue weighted by molar-refractivity contribution is 5.78. The van der Waals surface area contributed by atoms with Gasteiger partial charge in [-0.15, -0.1) is 0 Å². The van der Waals surface area contributed by atoms with Gasteiger partial charge in [0.15, 0.2) is 6.61 Å². The number of aryl methyl sites for hydroxylation is 3. The Hall–Kier alpha value is -1.51. The summed E-state index contributed by atoms with van der Waals surface area (Å²) in [7, 11) is 0. The third-order valence-electron chi connectivity index (χ3n) is 4.15. The molecule has 0 radical (unpaired) electrons. The molecule has 1 amide bonds. The number of ether oxygens (including phenoxy) is 1. The summed E-state index contributed by atoms with van der Waals surface area (Å²) in [6.07, 6.45) is 2.33. The summed E-state index contributed by atoms with van der Waals surface area (Å²) in [5.74, 6) is 1.54. The average molecular weight is 275 g/mol. The Labute approximate surface area is 121 Å². The molecular weight excluding hydrogens is 250 g/mol. The van der Waals surface area contributed by atoms with E-state index in [1.165, 1.54) is 17.5 Å². The van der Waals surface area contributed by atoms with Gasteiger partial charge >= 0.3 is 0 Å². The van der Waals surface area contributed by atoms with Crippen LogP contribution in [-0.4, -0.2) is 30.5 Å². The average Bonchev–Trinajstić information content (AvgIpc) is 2.41. The van der Waals surface area contributed by atoms with E-state index in [0.29, 0.717) is 5.92 Å². The lowest BCUT2D eigenvalue weighted by Gasteiger charge is -2.30. The number of rotatable bonds is 3. The van der Waals surface area contributed by atoms with E-state index in [0.717, 1.165) is 30.8 Å². The summed E-state index contributed by atoms with van der Waals surface area (Å²) in [5.41, 5.74) is 3.54. The van der Waals surface area contributed by atoms with Crippen LogP contribution in [0.4, 0.5) is 0 Å². The van der Waals surface area contributed by atoms with E-state index in [1.54, 1.807) is 0 Å². The molecule has 0 saturated carbocycles. The molecule has 20 heavy (non-hydrogen) atoms. The molecule has 2 rings (SSSR count). The maximum Gasteiger partial charge on any atom is 0.260 e. The molecule has 1 aromatic carbocycles. The molecule has 1 atom stereocenters. The Morgan fingerprint density at radius 3 is 2.65 bits per heavy atom. The lowest BCUT2D eigenvalue weighted by molar-refractivity contribution is -0.135. The Kier molecular flexibility index (Phi) is 4.69. The number of hydrogen-bond donors (Lipinski definition) is 0. The third kappa shape index (κ3) is 3.53. The topological polar surface area (TPSA) is 29.5 Å². The van der Waals surface area contributed by atoms with Gasteiger partial charge in [0.1, 0.15) is 5.75 Å². The first kappa shape index (κ1) is 14.9. The normalized spacial score (nSPS) is 19.0. The van der Waals surface area contributed by atoms with Crippen molar-refractivity contribution in [3.8, 4) is 5.75 Å². The Balaban J connectivity index is 1.95. The summed E-state index contributed by atoms with van der Waals surface area (Å²) in [6.45, 7) is 10.3. The van der Waals surface area contributed by atoms with E-state index < -0.39 is 0 Å². The van der Waals surface area contributed by atoms with Crippen LogP contribution in [-0.2, 0) is 4.79 Å². The van der Waals surface area contributed by atoms with E-state index in [4.69, 9.17) is 4.74 Å². The van der Waals surface area contributed by atoms with Gasteiger partial charge in [-0.2, -0.15) is 0 Å². The molecule has 0 aliphatic carbocycles. The van der Waals surface area contributed by atoms with Crippen LogP contribution in [0.25, 0.3) is 0 Å². The van der Waals surface area contributed by atoms with Crippen molar-refractivity contribution >= 4 is 5.91 Å². The number of likely N-dealkylation sites (tertiary alicyclic amines) is 1. The van der Waals surface area contributed by atoms with E-state index >= 15 is 0 Å². The van der Waals surface area contributed by atoms with E-state index in [1.807, 2.05) is 17.9 Å². The van der Waals surface area contributed by atoms with Crippen LogP contribution in [0.3, 0.4) is 0 Å². The molecule has 3 nitrogen and oxygen atoms in total. The third-order valence-corrected chi connectivity index (χ3v) is 4.15. The zero-order valence-electron chi connectivity index (χ0n) is 13.0. The van der Waals surface area contributed by atoms with Crippen LogP contribution in [0, 0.1) is 26.7 Å². The van der Waals surface area contributed by atoms with E-state index in [9.17, 15) is 4.79 Å². The number of amides is 1. The molecule has 1 aliphatic rings. The van der Waals surface area contributed by atoms with Crippen molar-refractivity contribution in [2.75, 3.05) is 19.7 Å². The first-order valence-corrected chi connectivity index (χ1v) is 7.46. The smallest absolute Gasteiger partial charge is 0.260 e. The molecule has 1 aromatic rings. The molecule has 3 heteroatoms. The summed E-state index contributed by atoms with van der Waals surface area (Å²) in [6, 6.07) is 4.13. The number of hydrogen-bond acceptors (Lipinski definition) is 2. The standard InChI is InChI=1S/C17H25NO2/c1-12-6-5-7-18(10-12)17(19)11-20-16-9-14(3)13(2)8-15(16)4/h8-9,12H,5-7,10-11H2,1-4H3. The fourth-order valence-corrected chi connectivity index (χ4v) is 2.74. The van der Waals surface area contributed by atoms with E-state index in [-0.39, 0.29) is 12.5 Å². The Morgan fingerprint density at radius 1 is 1.25 bits per heavy atom. The fourth-order valence-electron chi connectivity index (χ4n) is 2.74. The SMILES string of the molecule is Cc1cc(C)c(OCC(=O)N2CCCC(C)C2)cc1C. The molecule has 0 aromatic heterocycles. The largest absolute Gasteiger partial charge is 0.483 e. The van der Waals surface area contributed by atoms with Crippen LogP contribution in [0.15, 0.2) is 12.1 Å². The zero-order valence-corrected chi connectivity index (χ0v) is 13.0. The molecule has 1 aliphatic heterocycles. The fraction of sp³-hybridized carbons (Fsp3) is 0.588. The molecule has 1 saturated heterocycles. The minimum atomic E-state index is 0.106. The number of benzene rings is 1. The van der Waals surface area contributed by atoms with Crippen molar-refractivity contribution in [1.29, 1.82) is 0 Å². The van der Waals surface area contributed by atoms with Crippen molar-refractivity contribution in [1.82, 2.24) is 4.90 Å². The number of carbonyl (C=O) groups is 1. The predicted octanol–water partition coefficient (Wildman–Crippen LogP) is 3.25. The lowest BCUT2D eigenvalue weighted by Crippen LogP contribution is -2.41. The van der Waals surface area contributed by atoms with Gasteiger partial charge in [0.25, 0.3) is 5.91 Å².